The first-order valence-corrected chi connectivity index (χ1v) is 7.64. The Hall–Kier alpha value is -2.27. The van der Waals surface area contributed by atoms with Gasteiger partial charge in [-0.3, -0.25) is 0 Å². The second-order valence-electron chi connectivity index (χ2n) is 4.74. The summed E-state index contributed by atoms with van der Waals surface area (Å²) in [6, 6.07) is 10.2. The van der Waals surface area contributed by atoms with Crippen molar-refractivity contribution in [1.82, 2.24) is 15.0 Å². The van der Waals surface area contributed by atoms with Gasteiger partial charge in [-0.15, -0.1) is 11.3 Å². The van der Waals surface area contributed by atoms with Crippen LogP contribution in [0.15, 0.2) is 41.9 Å². The van der Waals surface area contributed by atoms with E-state index < -0.39 is 0 Å². The summed E-state index contributed by atoms with van der Waals surface area (Å²) >= 11 is 1.67. The van der Waals surface area contributed by atoms with Gasteiger partial charge in [0, 0.05) is 30.6 Å². The highest BCUT2D eigenvalue weighted by Crippen LogP contribution is 2.23. The molecule has 106 valence electrons. The Labute approximate surface area is 127 Å². The third-order valence-electron chi connectivity index (χ3n) is 3.24. The molecule has 0 fully saturated rings. The lowest BCUT2D eigenvalue weighted by Crippen LogP contribution is -2.02. The Morgan fingerprint density at radius 3 is 2.71 bits per heavy atom. The molecule has 0 atom stereocenters. The molecule has 5 heteroatoms. The van der Waals surface area contributed by atoms with Crippen molar-refractivity contribution in [1.29, 1.82) is 0 Å². The van der Waals surface area contributed by atoms with Gasteiger partial charge >= 0.3 is 0 Å². The number of benzene rings is 1. The van der Waals surface area contributed by atoms with Gasteiger partial charge < -0.3 is 5.32 Å². The van der Waals surface area contributed by atoms with Crippen molar-refractivity contribution in [3.8, 4) is 11.3 Å². The maximum atomic E-state index is 4.71. The summed E-state index contributed by atoms with van der Waals surface area (Å²) in [6.45, 7) is 2.03. The molecule has 1 N–H and O–H groups in total. The molecule has 3 aromatic rings. The SMILES string of the molecule is CNc1ncc(C)c(Cc2nc(-c3ccccc3)cs2)n1. The zero-order valence-electron chi connectivity index (χ0n) is 12.0. The number of aromatic nitrogens is 3. The van der Waals surface area contributed by atoms with E-state index in [-0.39, 0.29) is 0 Å². The zero-order valence-corrected chi connectivity index (χ0v) is 12.8. The molecule has 1 aromatic carbocycles. The molecule has 0 aliphatic rings. The molecule has 0 aliphatic carbocycles. The van der Waals surface area contributed by atoms with Crippen molar-refractivity contribution in [2.75, 3.05) is 12.4 Å². The minimum Gasteiger partial charge on any atom is -0.357 e. The van der Waals surface area contributed by atoms with Crippen LogP contribution in [0.25, 0.3) is 11.3 Å². The standard InChI is InChI=1S/C16H16N4S/c1-11-9-18-16(17-2)20-13(11)8-15-19-14(10-21-15)12-6-4-3-5-7-12/h3-7,9-10H,8H2,1-2H3,(H,17,18,20). The van der Waals surface area contributed by atoms with Gasteiger partial charge in [-0.1, -0.05) is 30.3 Å². The molecule has 3 rings (SSSR count). The van der Waals surface area contributed by atoms with Gasteiger partial charge in [0.25, 0.3) is 0 Å². The van der Waals surface area contributed by atoms with E-state index in [9.17, 15) is 0 Å². The minimum atomic E-state index is 0.649. The van der Waals surface area contributed by atoms with Crippen LogP contribution >= 0.6 is 11.3 Å². The van der Waals surface area contributed by atoms with Crippen LogP contribution in [0.3, 0.4) is 0 Å². The summed E-state index contributed by atoms with van der Waals surface area (Å²) in [6.07, 6.45) is 2.58. The van der Waals surface area contributed by atoms with E-state index in [2.05, 4.69) is 32.8 Å². The van der Waals surface area contributed by atoms with Crippen LogP contribution in [0.1, 0.15) is 16.3 Å². The third-order valence-corrected chi connectivity index (χ3v) is 4.09. The summed E-state index contributed by atoms with van der Waals surface area (Å²) in [4.78, 5) is 13.4. The predicted molar refractivity (Wildman–Crippen MR) is 86.7 cm³/mol. The number of aryl methyl sites for hydroxylation is 1. The quantitative estimate of drug-likeness (QED) is 0.800. The number of thiazole rings is 1. The largest absolute Gasteiger partial charge is 0.357 e. The highest BCUT2D eigenvalue weighted by Gasteiger charge is 2.09. The first kappa shape index (κ1) is 13.7. The van der Waals surface area contributed by atoms with Crippen LogP contribution in [-0.2, 0) is 6.42 Å². The zero-order chi connectivity index (χ0) is 14.7. The lowest BCUT2D eigenvalue weighted by molar-refractivity contribution is 0.987. The first-order chi connectivity index (χ1) is 10.3. The van der Waals surface area contributed by atoms with Crippen LogP contribution in [0.4, 0.5) is 5.95 Å². The van der Waals surface area contributed by atoms with E-state index in [0.717, 1.165) is 33.9 Å². The molecule has 0 unspecified atom stereocenters. The van der Waals surface area contributed by atoms with Crippen molar-refractivity contribution in [3.63, 3.8) is 0 Å². The normalized spacial score (nSPS) is 10.6. The fourth-order valence-corrected chi connectivity index (χ4v) is 2.86. The molecule has 21 heavy (non-hydrogen) atoms. The molecule has 0 spiro atoms. The lowest BCUT2D eigenvalue weighted by atomic mass is 10.2. The van der Waals surface area contributed by atoms with E-state index in [4.69, 9.17) is 4.98 Å². The van der Waals surface area contributed by atoms with Crippen LogP contribution in [0.5, 0.6) is 0 Å². The van der Waals surface area contributed by atoms with Gasteiger partial charge in [0.15, 0.2) is 0 Å². The van der Waals surface area contributed by atoms with E-state index in [1.165, 1.54) is 0 Å². The van der Waals surface area contributed by atoms with Crippen molar-refractivity contribution in [3.05, 3.63) is 58.2 Å². The van der Waals surface area contributed by atoms with Crippen molar-refractivity contribution >= 4 is 17.3 Å². The fourth-order valence-electron chi connectivity index (χ4n) is 2.05. The minimum absolute atomic E-state index is 0.649. The number of rotatable bonds is 4. The predicted octanol–water partition coefficient (Wildman–Crippen LogP) is 3.54. The average molecular weight is 296 g/mol. The van der Waals surface area contributed by atoms with Crippen LogP contribution in [0, 0.1) is 6.92 Å². The lowest BCUT2D eigenvalue weighted by Gasteiger charge is -2.05. The Balaban J connectivity index is 1.85. The smallest absolute Gasteiger partial charge is 0.222 e. The van der Waals surface area contributed by atoms with Crippen molar-refractivity contribution in [2.24, 2.45) is 0 Å². The van der Waals surface area contributed by atoms with Gasteiger partial charge in [-0.05, 0) is 12.5 Å². The molecule has 0 saturated carbocycles. The van der Waals surface area contributed by atoms with E-state index in [1.807, 2.05) is 38.4 Å². The Morgan fingerprint density at radius 1 is 1.14 bits per heavy atom. The molecule has 4 nitrogen and oxygen atoms in total. The summed E-state index contributed by atoms with van der Waals surface area (Å²) in [5.74, 6) is 0.649. The Morgan fingerprint density at radius 2 is 1.95 bits per heavy atom. The van der Waals surface area contributed by atoms with Crippen LogP contribution < -0.4 is 5.32 Å². The topological polar surface area (TPSA) is 50.7 Å². The van der Waals surface area contributed by atoms with Crippen molar-refractivity contribution in [2.45, 2.75) is 13.3 Å². The van der Waals surface area contributed by atoms with Gasteiger partial charge in [-0.25, -0.2) is 15.0 Å². The monoisotopic (exact) mass is 296 g/mol. The highest BCUT2D eigenvalue weighted by atomic mass is 32.1. The van der Waals surface area contributed by atoms with Crippen molar-refractivity contribution < 1.29 is 0 Å². The fraction of sp³-hybridized carbons (Fsp3) is 0.188. The molecular weight excluding hydrogens is 280 g/mol. The molecular formula is C16H16N4S. The maximum Gasteiger partial charge on any atom is 0.222 e. The van der Waals surface area contributed by atoms with Gasteiger partial charge in [0.1, 0.15) is 0 Å². The summed E-state index contributed by atoms with van der Waals surface area (Å²) in [7, 11) is 1.82. The summed E-state index contributed by atoms with van der Waals surface area (Å²) in [5.41, 5.74) is 4.28. The molecule has 0 bridgehead atoms. The Kier molecular flexibility index (Phi) is 3.92. The van der Waals surface area contributed by atoms with Crippen LogP contribution in [0.2, 0.25) is 0 Å². The Bertz CT molecular complexity index is 737. The van der Waals surface area contributed by atoms with E-state index in [0.29, 0.717) is 5.95 Å². The summed E-state index contributed by atoms with van der Waals surface area (Å²) in [5, 5.41) is 6.14. The van der Waals surface area contributed by atoms with Gasteiger partial charge in [-0.2, -0.15) is 0 Å². The molecule has 0 saturated heterocycles. The molecule has 2 aromatic heterocycles. The summed E-state index contributed by atoms with van der Waals surface area (Å²) < 4.78 is 0. The highest BCUT2D eigenvalue weighted by molar-refractivity contribution is 7.10. The average Bonchev–Trinajstić information content (AvgIpc) is 2.99. The maximum absolute atomic E-state index is 4.71. The van der Waals surface area contributed by atoms with E-state index in [1.54, 1.807) is 11.3 Å². The van der Waals surface area contributed by atoms with E-state index >= 15 is 0 Å². The number of anilines is 1. The van der Waals surface area contributed by atoms with Gasteiger partial charge in [0.05, 0.1) is 16.4 Å². The molecule has 2 heterocycles. The number of hydrogen-bond donors (Lipinski definition) is 1. The number of hydrogen-bond acceptors (Lipinski definition) is 5. The second-order valence-corrected chi connectivity index (χ2v) is 5.69. The second kappa shape index (κ2) is 6.01. The molecule has 0 radical (unpaired) electrons. The molecule has 0 aliphatic heterocycles. The third kappa shape index (κ3) is 3.08. The number of nitrogens with one attached hydrogen (secondary N) is 1. The number of nitrogens with zero attached hydrogens (tertiary/aromatic N) is 3. The van der Waals surface area contributed by atoms with Crippen LogP contribution in [-0.4, -0.2) is 22.0 Å². The molecule has 0 amide bonds. The van der Waals surface area contributed by atoms with Gasteiger partial charge in [0.2, 0.25) is 5.95 Å². The first-order valence-electron chi connectivity index (χ1n) is 6.76.